The third-order valence-electron chi connectivity index (χ3n) is 2.80. The van der Waals surface area contributed by atoms with Crippen LogP contribution in [0, 0.1) is 6.92 Å². The number of ether oxygens (including phenoxy) is 1. The average Bonchev–Trinajstić information content (AvgIpc) is 2.64. The van der Waals surface area contributed by atoms with Crippen molar-refractivity contribution in [2.75, 3.05) is 7.11 Å². The highest BCUT2D eigenvalue weighted by molar-refractivity contribution is 7.20. The smallest absolute Gasteiger partial charge is 0.160 e. The van der Waals surface area contributed by atoms with E-state index in [9.17, 15) is 4.79 Å². The van der Waals surface area contributed by atoms with Gasteiger partial charge in [0.1, 0.15) is 5.75 Å². The molecule has 0 N–H and O–H groups in total. The van der Waals surface area contributed by atoms with E-state index in [1.165, 1.54) is 16.7 Å². The Bertz CT molecular complexity index is 540. The predicted octanol–water partition coefficient (Wildman–Crippen LogP) is 3.59. The van der Waals surface area contributed by atoms with Gasteiger partial charge >= 0.3 is 0 Å². The first kappa shape index (κ1) is 11.1. The van der Waals surface area contributed by atoms with Crippen LogP contribution in [0.4, 0.5) is 0 Å². The van der Waals surface area contributed by atoms with Gasteiger partial charge < -0.3 is 4.74 Å². The maximum atomic E-state index is 11.0. The number of fused-ring (bicyclic) bond motifs is 1. The van der Waals surface area contributed by atoms with Gasteiger partial charge in [0.05, 0.1) is 12.0 Å². The van der Waals surface area contributed by atoms with Crippen molar-refractivity contribution in [3.8, 4) is 5.75 Å². The fourth-order valence-corrected chi connectivity index (χ4v) is 3.10. The average molecular weight is 234 g/mol. The molecule has 0 spiro atoms. The number of methoxy groups -OCH3 is 1. The first-order chi connectivity index (χ1) is 7.71. The molecule has 0 saturated heterocycles. The van der Waals surface area contributed by atoms with Crippen LogP contribution in [0.3, 0.4) is 0 Å². The molecule has 84 valence electrons. The standard InChI is InChI=1S/C13H14O2S/c1-4-9-10-5-8(2)11(15-3)6-12(10)16-13(9)7-14/h5-7H,4H2,1-3H3. The summed E-state index contributed by atoms with van der Waals surface area (Å²) in [4.78, 5) is 11.8. The van der Waals surface area contributed by atoms with Crippen molar-refractivity contribution in [3.05, 3.63) is 28.1 Å². The van der Waals surface area contributed by atoms with Crippen molar-refractivity contribution in [2.45, 2.75) is 20.3 Å². The SMILES string of the molecule is CCc1c(C=O)sc2cc(OC)c(C)cc12. The van der Waals surface area contributed by atoms with Crippen molar-refractivity contribution in [3.63, 3.8) is 0 Å². The van der Waals surface area contributed by atoms with Gasteiger partial charge in [-0.1, -0.05) is 6.92 Å². The number of hydrogen-bond acceptors (Lipinski definition) is 3. The van der Waals surface area contributed by atoms with E-state index in [-0.39, 0.29) is 0 Å². The van der Waals surface area contributed by atoms with Crippen LogP contribution in [0.25, 0.3) is 10.1 Å². The molecule has 1 aromatic heterocycles. The topological polar surface area (TPSA) is 26.3 Å². The van der Waals surface area contributed by atoms with Crippen LogP contribution in [0.1, 0.15) is 27.7 Å². The summed E-state index contributed by atoms with van der Waals surface area (Å²) in [6.07, 6.45) is 1.84. The highest BCUT2D eigenvalue weighted by Crippen LogP contribution is 2.35. The zero-order chi connectivity index (χ0) is 11.7. The second kappa shape index (κ2) is 4.26. The second-order valence-corrected chi connectivity index (χ2v) is 4.82. The molecule has 1 aromatic carbocycles. The highest BCUT2D eigenvalue weighted by Gasteiger charge is 2.12. The molecule has 3 heteroatoms. The summed E-state index contributed by atoms with van der Waals surface area (Å²) >= 11 is 1.54. The van der Waals surface area contributed by atoms with Crippen LogP contribution in [-0.4, -0.2) is 13.4 Å². The molecule has 0 aliphatic carbocycles. The lowest BCUT2D eigenvalue weighted by Crippen LogP contribution is -1.87. The Labute approximate surface area is 98.9 Å². The molecule has 0 fully saturated rings. The van der Waals surface area contributed by atoms with E-state index in [1.807, 2.05) is 13.0 Å². The summed E-state index contributed by atoms with van der Waals surface area (Å²) < 4.78 is 6.41. The van der Waals surface area contributed by atoms with Crippen LogP contribution < -0.4 is 4.74 Å². The molecule has 0 unspecified atom stereocenters. The number of benzene rings is 1. The number of carbonyl (C=O) groups excluding carboxylic acids is 1. The number of hydrogen-bond donors (Lipinski definition) is 0. The van der Waals surface area contributed by atoms with Gasteiger partial charge in [0.15, 0.2) is 6.29 Å². The molecule has 0 aliphatic heterocycles. The zero-order valence-electron chi connectivity index (χ0n) is 9.66. The fourth-order valence-electron chi connectivity index (χ4n) is 1.98. The molecule has 2 aromatic rings. The van der Waals surface area contributed by atoms with Gasteiger partial charge in [-0.25, -0.2) is 0 Å². The Morgan fingerprint density at radius 2 is 2.19 bits per heavy atom. The van der Waals surface area contributed by atoms with Gasteiger partial charge in [-0.3, -0.25) is 4.79 Å². The molecule has 0 saturated carbocycles. The molecule has 2 rings (SSSR count). The quantitative estimate of drug-likeness (QED) is 0.758. The number of rotatable bonds is 3. The van der Waals surface area contributed by atoms with E-state index in [4.69, 9.17) is 4.74 Å². The minimum atomic E-state index is 0.838. The van der Waals surface area contributed by atoms with E-state index in [2.05, 4.69) is 13.0 Å². The normalized spacial score (nSPS) is 10.7. The van der Waals surface area contributed by atoms with Crippen molar-refractivity contribution in [2.24, 2.45) is 0 Å². The maximum absolute atomic E-state index is 11.0. The van der Waals surface area contributed by atoms with E-state index in [0.717, 1.165) is 39.2 Å². The third kappa shape index (κ3) is 1.61. The molecule has 0 atom stereocenters. The number of carbonyl (C=O) groups is 1. The summed E-state index contributed by atoms with van der Waals surface area (Å²) in [5.74, 6) is 0.883. The van der Waals surface area contributed by atoms with Gasteiger partial charge in [0.2, 0.25) is 0 Å². The Morgan fingerprint density at radius 1 is 1.44 bits per heavy atom. The zero-order valence-corrected chi connectivity index (χ0v) is 10.5. The third-order valence-corrected chi connectivity index (χ3v) is 3.92. The van der Waals surface area contributed by atoms with Gasteiger partial charge in [-0.2, -0.15) is 0 Å². The molecule has 0 radical (unpaired) electrons. The van der Waals surface area contributed by atoms with E-state index < -0.39 is 0 Å². The number of thiophene rings is 1. The minimum absolute atomic E-state index is 0.838. The van der Waals surface area contributed by atoms with Crippen molar-refractivity contribution < 1.29 is 9.53 Å². The summed E-state index contributed by atoms with van der Waals surface area (Å²) in [5.41, 5.74) is 2.26. The molecular formula is C13H14O2S. The van der Waals surface area contributed by atoms with Gasteiger partial charge in [-0.15, -0.1) is 11.3 Å². The Morgan fingerprint density at radius 3 is 2.75 bits per heavy atom. The molecule has 0 amide bonds. The van der Waals surface area contributed by atoms with Crippen LogP contribution >= 0.6 is 11.3 Å². The van der Waals surface area contributed by atoms with Gasteiger partial charge in [0, 0.05) is 4.70 Å². The Balaban J connectivity index is 2.77. The Kier molecular flexibility index (Phi) is 2.97. The minimum Gasteiger partial charge on any atom is -0.496 e. The van der Waals surface area contributed by atoms with Gasteiger partial charge in [-0.05, 0) is 42.0 Å². The van der Waals surface area contributed by atoms with Crippen molar-refractivity contribution in [1.82, 2.24) is 0 Å². The lowest BCUT2D eigenvalue weighted by atomic mass is 10.1. The second-order valence-electron chi connectivity index (χ2n) is 3.73. The maximum Gasteiger partial charge on any atom is 0.160 e. The monoisotopic (exact) mass is 234 g/mol. The first-order valence-corrected chi connectivity index (χ1v) is 6.08. The molecule has 16 heavy (non-hydrogen) atoms. The summed E-state index contributed by atoms with van der Waals surface area (Å²) in [6, 6.07) is 4.12. The number of aldehydes is 1. The lowest BCUT2D eigenvalue weighted by molar-refractivity contribution is 0.112. The highest BCUT2D eigenvalue weighted by atomic mass is 32.1. The van der Waals surface area contributed by atoms with Gasteiger partial charge in [0.25, 0.3) is 0 Å². The molecule has 2 nitrogen and oxygen atoms in total. The molecule has 0 aliphatic rings. The van der Waals surface area contributed by atoms with Crippen LogP contribution in [0.2, 0.25) is 0 Å². The lowest BCUT2D eigenvalue weighted by Gasteiger charge is -2.04. The molecule has 1 heterocycles. The largest absolute Gasteiger partial charge is 0.496 e. The summed E-state index contributed by atoms with van der Waals surface area (Å²) in [5, 5.41) is 1.19. The summed E-state index contributed by atoms with van der Waals surface area (Å²) in [6.45, 7) is 4.10. The van der Waals surface area contributed by atoms with E-state index in [1.54, 1.807) is 7.11 Å². The van der Waals surface area contributed by atoms with E-state index in [0.29, 0.717) is 0 Å². The predicted molar refractivity (Wildman–Crippen MR) is 67.9 cm³/mol. The van der Waals surface area contributed by atoms with Crippen molar-refractivity contribution in [1.29, 1.82) is 0 Å². The van der Waals surface area contributed by atoms with Crippen LogP contribution in [0.5, 0.6) is 5.75 Å². The van der Waals surface area contributed by atoms with Crippen molar-refractivity contribution >= 4 is 27.7 Å². The molecular weight excluding hydrogens is 220 g/mol. The number of aryl methyl sites for hydroxylation is 2. The van der Waals surface area contributed by atoms with E-state index >= 15 is 0 Å². The Hall–Kier alpha value is -1.35. The first-order valence-electron chi connectivity index (χ1n) is 5.26. The fraction of sp³-hybridized carbons (Fsp3) is 0.308. The summed E-state index contributed by atoms with van der Waals surface area (Å²) in [7, 11) is 1.67. The van der Waals surface area contributed by atoms with Crippen LogP contribution in [0.15, 0.2) is 12.1 Å². The molecule has 0 bridgehead atoms. The van der Waals surface area contributed by atoms with Crippen LogP contribution in [-0.2, 0) is 6.42 Å².